The van der Waals surface area contributed by atoms with Gasteiger partial charge in [0.2, 0.25) is 10.0 Å². The lowest BCUT2D eigenvalue weighted by Gasteiger charge is -2.44. The SMILES string of the molecule is CN1CC2(CCN(Cc3cccnc3)CC2)COc2ccccc2S1(=O)=O.O=C(O)C(F)(F)F.O=C(O)C(F)(F)F. The summed E-state index contributed by atoms with van der Waals surface area (Å²) in [6.07, 6.45) is -4.65. The molecule has 0 atom stereocenters. The maximum absolute atomic E-state index is 12.9. The number of rotatable bonds is 2. The minimum Gasteiger partial charge on any atom is -0.492 e. The fourth-order valence-electron chi connectivity index (χ4n) is 4.02. The van der Waals surface area contributed by atoms with Crippen LogP contribution in [0, 0.1) is 5.41 Å². The summed E-state index contributed by atoms with van der Waals surface area (Å²) in [5.41, 5.74) is 1.05. The van der Waals surface area contributed by atoms with Crippen molar-refractivity contribution in [2.75, 3.05) is 33.3 Å². The summed E-state index contributed by atoms with van der Waals surface area (Å²) in [6, 6.07) is 11.0. The van der Waals surface area contributed by atoms with Gasteiger partial charge in [-0.1, -0.05) is 18.2 Å². The van der Waals surface area contributed by atoms with Crippen molar-refractivity contribution in [3.8, 4) is 5.75 Å². The molecule has 0 radical (unpaired) electrons. The van der Waals surface area contributed by atoms with Gasteiger partial charge in [0.25, 0.3) is 0 Å². The summed E-state index contributed by atoms with van der Waals surface area (Å²) >= 11 is 0. The number of hydrogen-bond donors (Lipinski definition) is 2. The number of carboxylic acids is 2. The second-order valence-electron chi connectivity index (χ2n) is 9.24. The number of benzene rings is 1. The van der Waals surface area contributed by atoms with Crippen LogP contribution in [0.15, 0.2) is 53.7 Å². The minimum absolute atomic E-state index is 0.152. The van der Waals surface area contributed by atoms with Crippen molar-refractivity contribution in [1.82, 2.24) is 14.2 Å². The molecule has 0 unspecified atom stereocenters. The molecule has 2 aliphatic heterocycles. The number of sulfonamides is 1. The van der Waals surface area contributed by atoms with Gasteiger partial charge in [-0.25, -0.2) is 22.3 Å². The fraction of sp³-hybridized carbons (Fsp3) is 0.458. The van der Waals surface area contributed by atoms with E-state index in [1.807, 2.05) is 18.3 Å². The van der Waals surface area contributed by atoms with Crippen LogP contribution in [0.2, 0.25) is 0 Å². The standard InChI is InChI=1S/C20H25N3O3S.2C2HF3O2/c1-22-15-20(16-26-18-6-2-3-7-19(18)27(22,24)25)8-11-23(12-9-20)14-17-5-4-10-21-13-17;2*3-2(4,5)1(6)7/h2-7,10,13H,8-9,11-12,14-16H2,1H3;2*(H,6,7). The van der Waals surface area contributed by atoms with Crippen molar-refractivity contribution >= 4 is 22.0 Å². The number of hydrogen-bond acceptors (Lipinski definition) is 7. The molecule has 4 rings (SSSR count). The average Bonchev–Trinajstić information content (AvgIpc) is 2.89. The summed E-state index contributed by atoms with van der Waals surface area (Å²) in [5, 5.41) is 14.2. The number of aliphatic carboxylic acids is 2. The van der Waals surface area contributed by atoms with Crippen LogP contribution in [0.25, 0.3) is 0 Å². The van der Waals surface area contributed by atoms with Crippen LogP contribution in [0.5, 0.6) is 5.75 Å². The predicted octanol–water partition coefficient (Wildman–Crippen LogP) is 3.64. The molecule has 1 fully saturated rings. The Kier molecular flexibility index (Phi) is 11.1. The van der Waals surface area contributed by atoms with E-state index in [2.05, 4.69) is 16.0 Å². The van der Waals surface area contributed by atoms with Crippen LogP contribution in [0.1, 0.15) is 18.4 Å². The van der Waals surface area contributed by atoms with Gasteiger partial charge < -0.3 is 14.9 Å². The number of ether oxygens (including phenoxy) is 1. The molecular weight excluding hydrogens is 588 g/mol. The molecule has 0 bridgehead atoms. The Morgan fingerprint density at radius 1 is 0.976 bits per heavy atom. The molecule has 10 nitrogen and oxygen atoms in total. The summed E-state index contributed by atoms with van der Waals surface area (Å²) < 4.78 is 96.9. The quantitative estimate of drug-likeness (QED) is 0.485. The Bertz CT molecular complexity index is 1260. The molecule has 2 N–H and O–H groups in total. The van der Waals surface area contributed by atoms with Crippen molar-refractivity contribution in [3.05, 3.63) is 54.4 Å². The Morgan fingerprint density at radius 2 is 1.51 bits per heavy atom. The molecule has 17 heteroatoms. The van der Waals surface area contributed by atoms with Crippen LogP contribution in [0.4, 0.5) is 26.3 Å². The topological polar surface area (TPSA) is 137 Å². The number of para-hydroxylation sites is 1. The normalized spacial score (nSPS) is 18.6. The Hall–Kier alpha value is -3.44. The highest BCUT2D eigenvalue weighted by Gasteiger charge is 2.42. The molecule has 3 heterocycles. The number of halogens is 6. The number of aromatic nitrogens is 1. The first-order valence-corrected chi connectivity index (χ1v) is 13.2. The monoisotopic (exact) mass is 615 g/mol. The van der Waals surface area contributed by atoms with Gasteiger partial charge in [-0.05, 0) is 49.7 Å². The predicted molar refractivity (Wildman–Crippen MR) is 130 cm³/mol. The Labute approximate surface area is 231 Å². The van der Waals surface area contributed by atoms with Gasteiger partial charge in [-0.15, -0.1) is 0 Å². The van der Waals surface area contributed by atoms with Gasteiger partial charge in [-0.2, -0.15) is 26.3 Å². The lowest BCUT2D eigenvalue weighted by Crippen LogP contribution is -2.50. The highest BCUT2D eigenvalue weighted by atomic mass is 32.2. The number of fused-ring (bicyclic) bond motifs is 1. The van der Waals surface area contributed by atoms with Crippen molar-refractivity contribution in [1.29, 1.82) is 0 Å². The molecule has 41 heavy (non-hydrogen) atoms. The van der Waals surface area contributed by atoms with Gasteiger partial charge in [-0.3, -0.25) is 9.88 Å². The zero-order valence-corrected chi connectivity index (χ0v) is 22.3. The number of carboxylic acid groups (broad SMARTS) is 2. The number of alkyl halides is 6. The molecule has 0 saturated carbocycles. The average molecular weight is 616 g/mol. The number of nitrogens with zero attached hydrogens (tertiary/aromatic N) is 3. The second-order valence-corrected chi connectivity index (χ2v) is 11.3. The number of carbonyl (C=O) groups is 2. The van der Waals surface area contributed by atoms with E-state index in [0.717, 1.165) is 32.5 Å². The van der Waals surface area contributed by atoms with Gasteiger partial charge >= 0.3 is 24.3 Å². The molecule has 2 aromatic rings. The zero-order chi connectivity index (χ0) is 31.1. The molecule has 1 spiro atoms. The van der Waals surface area contributed by atoms with Gasteiger partial charge in [0.1, 0.15) is 10.6 Å². The first-order chi connectivity index (χ1) is 18.9. The van der Waals surface area contributed by atoms with E-state index in [1.54, 1.807) is 31.4 Å². The smallest absolute Gasteiger partial charge is 0.490 e. The van der Waals surface area contributed by atoms with Crippen molar-refractivity contribution in [2.45, 2.75) is 36.6 Å². The zero-order valence-electron chi connectivity index (χ0n) is 21.5. The van der Waals surface area contributed by atoms with Gasteiger partial charge in [0.15, 0.2) is 0 Å². The Morgan fingerprint density at radius 3 is 2.00 bits per heavy atom. The van der Waals surface area contributed by atoms with E-state index >= 15 is 0 Å². The van der Waals surface area contributed by atoms with Crippen LogP contribution in [0.3, 0.4) is 0 Å². The lowest BCUT2D eigenvalue weighted by atomic mass is 9.79. The van der Waals surface area contributed by atoms with Crippen LogP contribution in [-0.4, -0.2) is 90.4 Å². The van der Waals surface area contributed by atoms with E-state index in [0.29, 0.717) is 18.9 Å². The molecule has 1 aromatic carbocycles. The summed E-state index contributed by atoms with van der Waals surface area (Å²) in [5.74, 6) is -5.05. The van der Waals surface area contributed by atoms with Crippen LogP contribution in [-0.2, 0) is 26.2 Å². The van der Waals surface area contributed by atoms with Crippen LogP contribution >= 0.6 is 0 Å². The minimum atomic E-state index is -5.08. The third-order valence-corrected chi connectivity index (χ3v) is 8.00. The summed E-state index contributed by atoms with van der Waals surface area (Å²) in [6.45, 7) is 3.76. The Balaban J connectivity index is 0.000000349. The number of pyridine rings is 1. The van der Waals surface area contributed by atoms with Gasteiger partial charge in [0, 0.05) is 37.9 Å². The fourth-order valence-corrected chi connectivity index (χ4v) is 5.43. The van der Waals surface area contributed by atoms with E-state index in [1.165, 1.54) is 9.87 Å². The first kappa shape index (κ1) is 33.8. The molecule has 1 aromatic heterocycles. The largest absolute Gasteiger partial charge is 0.492 e. The third-order valence-electron chi connectivity index (χ3n) is 6.16. The van der Waals surface area contributed by atoms with E-state index in [4.69, 9.17) is 24.5 Å². The van der Waals surface area contributed by atoms with E-state index in [9.17, 15) is 34.8 Å². The maximum Gasteiger partial charge on any atom is 0.490 e. The van der Waals surface area contributed by atoms with E-state index in [-0.39, 0.29) is 10.3 Å². The number of piperidine rings is 1. The molecule has 0 aliphatic carbocycles. The highest BCUT2D eigenvalue weighted by molar-refractivity contribution is 7.89. The molecule has 228 valence electrons. The maximum atomic E-state index is 12.9. The molecular formula is C24H27F6N3O7S. The summed E-state index contributed by atoms with van der Waals surface area (Å²) in [7, 11) is -1.85. The molecule has 2 aliphatic rings. The number of likely N-dealkylation sites (tertiary alicyclic amines) is 1. The first-order valence-electron chi connectivity index (χ1n) is 11.8. The van der Waals surface area contributed by atoms with Crippen molar-refractivity contribution < 1.29 is 59.3 Å². The summed E-state index contributed by atoms with van der Waals surface area (Å²) in [4.78, 5) is 24.6. The van der Waals surface area contributed by atoms with Gasteiger partial charge in [0.05, 0.1) is 6.61 Å². The van der Waals surface area contributed by atoms with Crippen LogP contribution < -0.4 is 4.74 Å². The van der Waals surface area contributed by atoms with Crippen molar-refractivity contribution in [2.24, 2.45) is 5.41 Å². The van der Waals surface area contributed by atoms with Crippen molar-refractivity contribution in [3.63, 3.8) is 0 Å². The third kappa shape index (κ3) is 9.86. The lowest BCUT2D eigenvalue weighted by molar-refractivity contribution is -0.193. The molecule has 1 saturated heterocycles. The highest BCUT2D eigenvalue weighted by Crippen LogP contribution is 2.38. The second kappa shape index (κ2) is 13.5. The van der Waals surface area contributed by atoms with E-state index < -0.39 is 34.3 Å². The molecule has 0 amide bonds.